The Bertz CT molecular complexity index is 800. The van der Waals surface area contributed by atoms with Crippen molar-refractivity contribution in [2.75, 3.05) is 19.6 Å². The van der Waals surface area contributed by atoms with Gasteiger partial charge in [-0.05, 0) is 70.3 Å². The number of aryl methyl sites for hydroxylation is 1. The molecule has 0 bridgehead atoms. The van der Waals surface area contributed by atoms with Crippen LogP contribution in [-0.2, 0) is 11.2 Å². The number of likely N-dealkylation sites (tertiary alicyclic amines) is 1. The minimum absolute atomic E-state index is 0.00891. The average molecular weight is 384 g/mol. The van der Waals surface area contributed by atoms with Gasteiger partial charge in [0.15, 0.2) is 0 Å². The number of rotatable bonds is 7. The molecular weight excluding hydrogens is 350 g/mol. The van der Waals surface area contributed by atoms with Crippen molar-refractivity contribution >= 4 is 5.91 Å². The lowest BCUT2D eigenvalue weighted by molar-refractivity contribution is -0.121. The van der Waals surface area contributed by atoms with Gasteiger partial charge in [0.05, 0.1) is 12.1 Å². The second-order valence-corrected chi connectivity index (χ2v) is 8.76. The van der Waals surface area contributed by atoms with Crippen LogP contribution in [0.5, 0.6) is 0 Å². The van der Waals surface area contributed by atoms with E-state index < -0.39 is 0 Å². The summed E-state index contributed by atoms with van der Waals surface area (Å²) in [6, 6.07) is 8.27. The monoisotopic (exact) mass is 383 g/mol. The van der Waals surface area contributed by atoms with Crippen molar-refractivity contribution in [1.82, 2.24) is 15.2 Å². The van der Waals surface area contributed by atoms with E-state index in [1.54, 1.807) is 0 Å². The maximum Gasteiger partial charge on any atom is 0.226 e. The van der Waals surface area contributed by atoms with E-state index in [1.165, 1.54) is 18.4 Å². The van der Waals surface area contributed by atoms with Crippen LogP contribution in [0.25, 0.3) is 11.5 Å². The second-order valence-electron chi connectivity index (χ2n) is 8.76. The van der Waals surface area contributed by atoms with Gasteiger partial charge in [-0.25, -0.2) is 4.98 Å². The first-order chi connectivity index (χ1) is 13.3. The molecule has 3 rings (SSSR count). The van der Waals surface area contributed by atoms with E-state index in [2.05, 4.69) is 55.0 Å². The standard InChI is InChI=1S/C23H33N3O2/c1-16(2)18-8-10-19(11-9-18)22-25-20(17(3)28-22)14-21(27)24-15-23(4,5)26-12-6-7-13-26/h8-11,16H,6-7,12-15H2,1-5H3,(H,24,27). The van der Waals surface area contributed by atoms with Gasteiger partial charge in [-0.2, -0.15) is 0 Å². The van der Waals surface area contributed by atoms with Crippen LogP contribution in [0, 0.1) is 6.92 Å². The van der Waals surface area contributed by atoms with E-state index in [4.69, 9.17) is 4.42 Å². The van der Waals surface area contributed by atoms with Crippen LogP contribution in [0.15, 0.2) is 28.7 Å². The summed E-state index contributed by atoms with van der Waals surface area (Å²) in [6.45, 7) is 13.5. The Hall–Kier alpha value is -2.14. The smallest absolute Gasteiger partial charge is 0.226 e. The number of aromatic nitrogens is 1. The summed E-state index contributed by atoms with van der Waals surface area (Å²) >= 11 is 0. The van der Waals surface area contributed by atoms with E-state index >= 15 is 0 Å². The van der Waals surface area contributed by atoms with Gasteiger partial charge in [0.2, 0.25) is 11.8 Å². The van der Waals surface area contributed by atoms with E-state index in [0.717, 1.165) is 18.7 Å². The van der Waals surface area contributed by atoms with Gasteiger partial charge in [-0.1, -0.05) is 26.0 Å². The highest BCUT2D eigenvalue weighted by Crippen LogP contribution is 2.25. The largest absolute Gasteiger partial charge is 0.441 e. The lowest BCUT2D eigenvalue weighted by Gasteiger charge is -2.35. The molecule has 5 heteroatoms. The fraction of sp³-hybridized carbons (Fsp3) is 0.565. The van der Waals surface area contributed by atoms with Crippen LogP contribution in [0.2, 0.25) is 0 Å². The maximum absolute atomic E-state index is 12.5. The molecule has 1 aliphatic rings. The van der Waals surface area contributed by atoms with Gasteiger partial charge < -0.3 is 9.73 Å². The summed E-state index contributed by atoms with van der Waals surface area (Å²) in [5, 5.41) is 3.08. The van der Waals surface area contributed by atoms with Crippen LogP contribution in [0.1, 0.15) is 63.5 Å². The van der Waals surface area contributed by atoms with Crippen molar-refractivity contribution in [3.05, 3.63) is 41.3 Å². The predicted octanol–water partition coefficient (Wildman–Crippen LogP) is 4.31. The van der Waals surface area contributed by atoms with Crippen molar-refractivity contribution in [3.63, 3.8) is 0 Å². The van der Waals surface area contributed by atoms with Gasteiger partial charge in [-0.15, -0.1) is 0 Å². The molecule has 5 nitrogen and oxygen atoms in total. The van der Waals surface area contributed by atoms with Crippen LogP contribution in [0.4, 0.5) is 0 Å². The summed E-state index contributed by atoms with van der Waals surface area (Å²) in [7, 11) is 0. The molecule has 152 valence electrons. The third kappa shape index (κ3) is 4.82. The normalized spacial score (nSPS) is 15.4. The minimum Gasteiger partial charge on any atom is -0.441 e. The number of carbonyl (C=O) groups is 1. The molecule has 1 aromatic carbocycles. The van der Waals surface area contributed by atoms with E-state index in [9.17, 15) is 4.79 Å². The SMILES string of the molecule is Cc1oc(-c2ccc(C(C)C)cc2)nc1CC(=O)NCC(C)(C)N1CCCC1. The third-order valence-corrected chi connectivity index (χ3v) is 5.73. The number of nitrogens with zero attached hydrogens (tertiary/aromatic N) is 2. The lowest BCUT2D eigenvalue weighted by atomic mass is 10.0. The van der Waals surface area contributed by atoms with Gasteiger partial charge in [0, 0.05) is 17.6 Å². The molecule has 0 saturated carbocycles. The number of oxazole rings is 1. The fourth-order valence-corrected chi connectivity index (χ4v) is 3.69. The Morgan fingerprint density at radius 1 is 1.21 bits per heavy atom. The molecule has 2 aromatic rings. The summed E-state index contributed by atoms with van der Waals surface area (Å²) in [6.07, 6.45) is 2.74. The zero-order valence-electron chi connectivity index (χ0n) is 17.8. The summed E-state index contributed by atoms with van der Waals surface area (Å²) < 4.78 is 5.83. The minimum atomic E-state index is -0.0195. The molecule has 1 fully saturated rings. The molecule has 2 heterocycles. The summed E-state index contributed by atoms with van der Waals surface area (Å²) in [5.74, 6) is 1.76. The quantitative estimate of drug-likeness (QED) is 0.774. The number of nitrogens with one attached hydrogen (secondary N) is 1. The molecule has 28 heavy (non-hydrogen) atoms. The van der Waals surface area contributed by atoms with Crippen molar-refractivity contribution in [3.8, 4) is 11.5 Å². The molecule has 0 radical (unpaired) electrons. The topological polar surface area (TPSA) is 58.4 Å². The highest BCUT2D eigenvalue weighted by atomic mass is 16.4. The number of amides is 1. The Labute approximate surface area is 168 Å². The number of benzene rings is 1. The molecular formula is C23H33N3O2. The first-order valence-corrected chi connectivity index (χ1v) is 10.3. The van der Waals surface area contributed by atoms with Gasteiger partial charge >= 0.3 is 0 Å². The zero-order valence-corrected chi connectivity index (χ0v) is 17.8. The van der Waals surface area contributed by atoms with Crippen LogP contribution >= 0.6 is 0 Å². The Balaban J connectivity index is 1.60. The van der Waals surface area contributed by atoms with Gasteiger partial charge in [-0.3, -0.25) is 9.69 Å². The van der Waals surface area contributed by atoms with E-state index in [0.29, 0.717) is 29.8 Å². The van der Waals surface area contributed by atoms with E-state index in [-0.39, 0.29) is 17.9 Å². The lowest BCUT2D eigenvalue weighted by Crippen LogP contribution is -2.50. The number of hydrogen-bond acceptors (Lipinski definition) is 4. The molecule has 0 unspecified atom stereocenters. The van der Waals surface area contributed by atoms with Gasteiger partial charge in [0.25, 0.3) is 0 Å². The first-order valence-electron chi connectivity index (χ1n) is 10.3. The maximum atomic E-state index is 12.5. The molecule has 1 aliphatic heterocycles. The molecule has 1 amide bonds. The molecule has 1 saturated heterocycles. The van der Waals surface area contributed by atoms with Gasteiger partial charge in [0.1, 0.15) is 5.76 Å². The Morgan fingerprint density at radius 3 is 2.46 bits per heavy atom. The van der Waals surface area contributed by atoms with Crippen LogP contribution < -0.4 is 5.32 Å². The van der Waals surface area contributed by atoms with Crippen LogP contribution in [0.3, 0.4) is 0 Å². The van der Waals surface area contributed by atoms with E-state index in [1.807, 2.05) is 19.1 Å². The third-order valence-electron chi connectivity index (χ3n) is 5.73. The second kappa shape index (κ2) is 8.48. The highest BCUT2D eigenvalue weighted by molar-refractivity contribution is 5.78. The number of carbonyl (C=O) groups excluding carboxylic acids is 1. The fourth-order valence-electron chi connectivity index (χ4n) is 3.69. The average Bonchev–Trinajstić information content (AvgIpc) is 3.31. The van der Waals surface area contributed by atoms with Crippen molar-refractivity contribution < 1.29 is 9.21 Å². The molecule has 0 atom stereocenters. The van der Waals surface area contributed by atoms with Crippen LogP contribution in [-0.4, -0.2) is 41.0 Å². The van der Waals surface area contributed by atoms with Crippen molar-refractivity contribution in [2.24, 2.45) is 0 Å². The summed E-state index contributed by atoms with van der Waals surface area (Å²) in [5.41, 5.74) is 2.91. The van der Waals surface area contributed by atoms with Crippen molar-refractivity contribution in [2.45, 2.75) is 65.3 Å². The predicted molar refractivity (Wildman–Crippen MR) is 112 cm³/mol. The number of hydrogen-bond donors (Lipinski definition) is 1. The molecule has 0 spiro atoms. The first kappa shape index (κ1) is 20.6. The molecule has 1 N–H and O–H groups in total. The molecule has 1 aromatic heterocycles. The van der Waals surface area contributed by atoms with Crippen molar-refractivity contribution in [1.29, 1.82) is 0 Å². The Morgan fingerprint density at radius 2 is 1.86 bits per heavy atom. The zero-order chi connectivity index (χ0) is 20.3. The molecule has 0 aliphatic carbocycles. The Kier molecular flexibility index (Phi) is 6.23. The highest BCUT2D eigenvalue weighted by Gasteiger charge is 2.29. The summed E-state index contributed by atoms with van der Waals surface area (Å²) in [4.78, 5) is 19.5.